The van der Waals surface area contributed by atoms with Crippen molar-refractivity contribution in [1.82, 2.24) is 5.32 Å². The molecular weight excluding hydrogens is 375 g/mol. The molecule has 7 heteroatoms. The first kappa shape index (κ1) is 19.9. The second-order valence-corrected chi connectivity index (χ2v) is 9.07. The number of rotatable bonds is 5. The number of methoxy groups -OCH3 is 1. The van der Waals surface area contributed by atoms with Crippen molar-refractivity contribution in [3.05, 3.63) is 29.6 Å². The average molecular weight is 402 g/mol. The lowest BCUT2D eigenvalue weighted by Gasteiger charge is -2.55. The van der Waals surface area contributed by atoms with E-state index in [1.54, 1.807) is 6.92 Å². The minimum atomic E-state index is -0.809. The second-order valence-electron chi connectivity index (χ2n) is 9.07. The van der Waals surface area contributed by atoms with Gasteiger partial charge in [0.05, 0.1) is 18.4 Å². The quantitative estimate of drug-likeness (QED) is 0.741. The Morgan fingerprint density at radius 2 is 1.69 bits per heavy atom. The third-order valence-corrected chi connectivity index (χ3v) is 6.91. The highest BCUT2D eigenvalue weighted by Gasteiger charge is 2.54. The molecule has 4 bridgehead atoms. The third kappa shape index (κ3) is 3.74. The van der Waals surface area contributed by atoms with Crippen molar-refractivity contribution in [1.29, 1.82) is 0 Å². The van der Waals surface area contributed by atoms with E-state index in [2.05, 4.69) is 15.4 Å². The Labute approximate surface area is 169 Å². The fourth-order valence-corrected chi connectivity index (χ4v) is 5.91. The highest BCUT2D eigenvalue weighted by Crippen LogP contribution is 2.60. The molecule has 0 unspecified atom stereocenters. The van der Waals surface area contributed by atoms with E-state index in [1.165, 1.54) is 38.5 Å². The van der Waals surface area contributed by atoms with Crippen LogP contribution in [0, 0.1) is 29.0 Å². The molecule has 4 saturated carbocycles. The van der Waals surface area contributed by atoms with Crippen molar-refractivity contribution >= 4 is 23.5 Å². The molecule has 0 saturated heterocycles. The summed E-state index contributed by atoms with van der Waals surface area (Å²) in [6, 6.07) is 2.80. The van der Waals surface area contributed by atoms with Crippen LogP contribution in [0.15, 0.2) is 18.2 Å². The predicted octanol–water partition coefficient (Wildman–Crippen LogP) is 3.27. The second kappa shape index (κ2) is 7.43. The summed E-state index contributed by atoms with van der Waals surface area (Å²) < 4.78 is 18.7. The lowest BCUT2D eigenvalue weighted by atomic mass is 9.49. The molecule has 156 valence electrons. The number of benzene rings is 1. The van der Waals surface area contributed by atoms with Gasteiger partial charge in [-0.25, -0.2) is 9.18 Å². The van der Waals surface area contributed by atoms with E-state index in [0.29, 0.717) is 17.8 Å². The summed E-state index contributed by atoms with van der Waals surface area (Å²) in [6.07, 6.45) is 6.44. The normalized spacial score (nSPS) is 30.5. The van der Waals surface area contributed by atoms with Crippen molar-refractivity contribution in [2.75, 3.05) is 12.4 Å². The minimum absolute atomic E-state index is 0.0527. The van der Waals surface area contributed by atoms with Crippen LogP contribution in [-0.2, 0) is 14.3 Å². The van der Waals surface area contributed by atoms with Gasteiger partial charge in [0.15, 0.2) is 0 Å². The summed E-state index contributed by atoms with van der Waals surface area (Å²) >= 11 is 0. The summed E-state index contributed by atoms with van der Waals surface area (Å²) in [5, 5.41) is 5.33. The van der Waals surface area contributed by atoms with Crippen molar-refractivity contribution in [2.45, 2.75) is 51.5 Å². The molecule has 4 aliphatic carbocycles. The summed E-state index contributed by atoms with van der Waals surface area (Å²) in [4.78, 5) is 37.3. The third-order valence-electron chi connectivity index (χ3n) is 6.91. The van der Waals surface area contributed by atoms with Gasteiger partial charge in [-0.3, -0.25) is 9.59 Å². The van der Waals surface area contributed by atoms with E-state index in [1.807, 2.05) is 0 Å². The molecule has 4 aliphatic rings. The Kier molecular flexibility index (Phi) is 5.09. The molecule has 29 heavy (non-hydrogen) atoms. The SMILES string of the molecule is COC(=O)c1ccc(F)c(NC(=O)[C@@H](C)NC(=O)C23CC4CC(CC(C4)C2)C3)c1. The average Bonchev–Trinajstić information content (AvgIpc) is 2.67. The molecule has 0 aromatic heterocycles. The van der Waals surface area contributed by atoms with Gasteiger partial charge in [-0.05, 0) is 81.4 Å². The van der Waals surface area contributed by atoms with Crippen LogP contribution >= 0.6 is 0 Å². The molecule has 2 N–H and O–H groups in total. The van der Waals surface area contributed by atoms with Gasteiger partial charge in [0, 0.05) is 5.41 Å². The van der Waals surface area contributed by atoms with Gasteiger partial charge in [-0.1, -0.05) is 0 Å². The molecule has 1 aromatic carbocycles. The van der Waals surface area contributed by atoms with Gasteiger partial charge >= 0.3 is 5.97 Å². The number of carbonyl (C=O) groups excluding carboxylic acids is 3. The molecule has 1 aromatic rings. The maximum Gasteiger partial charge on any atom is 0.337 e. The molecule has 0 aliphatic heterocycles. The number of hydrogen-bond donors (Lipinski definition) is 2. The van der Waals surface area contributed by atoms with Crippen molar-refractivity contribution in [2.24, 2.45) is 23.2 Å². The standard InChI is InChI=1S/C22H27FN2O4/c1-12(19(26)25-18-8-16(20(27)29-2)3-4-17(18)23)24-21(28)22-9-13-5-14(10-22)7-15(6-13)11-22/h3-4,8,12-15H,5-7,9-11H2,1-2H3,(H,24,28)(H,25,26)/t12-,13?,14?,15?,22?/m1/s1. The van der Waals surface area contributed by atoms with Gasteiger partial charge in [0.1, 0.15) is 11.9 Å². The fraction of sp³-hybridized carbons (Fsp3) is 0.591. The van der Waals surface area contributed by atoms with Crippen LogP contribution in [0.3, 0.4) is 0 Å². The Morgan fingerprint density at radius 3 is 2.24 bits per heavy atom. The van der Waals surface area contributed by atoms with Crippen LogP contribution in [0.25, 0.3) is 0 Å². The maximum absolute atomic E-state index is 14.1. The van der Waals surface area contributed by atoms with E-state index in [-0.39, 0.29) is 22.6 Å². The smallest absolute Gasteiger partial charge is 0.337 e. The lowest BCUT2D eigenvalue weighted by molar-refractivity contribution is -0.147. The van der Waals surface area contributed by atoms with E-state index in [9.17, 15) is 18.8 Å². The first-order valence-electron chi connectivity index (χ1n) is 10.3. The molecule has 6 nitrogen and oxygen atoms in total. The number of esters is 1. The van der Waals surface area contributed by atoms with Crippen LogP contribution in [0.1, 0.15) is 55.8 Å². The largest absolute Gasteiger partial charge is 0.465 e. The highest BCUT2D eigenvalue weighted by molar-refractivity contribution is 5.99. The molecule has 0 spiro atoms. The molecule has 4 fully saturated rings. The van der Waals surface area contributed by atoms with Gasteiger partial charge in [0.25, 0.3) is 0 Å². The summed E-state index contributed by atoms with van der Waals surface area (Å²) in [6.45, 7) is 1.59. The zero-order chi connectivity index (χ0) is 20.8. The van der Waals surface area contributed by atoms with Crippen LogP contribution in [0.2, 0.25) is 0 Å². The van der Waals surface area contributed by atoms with E-state index < -0.39 is 23.7 Å². The fourth-order valence-electron chi connectivity index (χ4n) is 5.91. The van der Waals surface area contributed by atoms with Crippen molar-refractivity contribution < 1.29 is 23.5 Å². The van der Waals surface area contributed by atoms with Crippen molar-refractivity contribution in [3.63, 3.8) is 0 Å². The van der Waals surface area contributed by atoms with Gasteiger partial charge in [-0.15, -0.1) is 0 Å². The first-order valence-corrected chi connectivity index (χ1v) is 10.3. The molecule has 0 radical (unpaired) electrons. The Balaban J connectivity index is 1.41. The number of ether oxygens (including phenoxy) is 1. The van der Waals surface area contributed by atoms with Crippen molar-refractivity contribution in [3.8, 4) is 0 Å². The monoisotopic (exact) mass is 402 g/mol. The highest BCUT2D eigenvalue weighted by atomic mass is 19.1. The maximum atomic E-state index is 14.1. The number of halogens is 1. The van der Waals surface area contributed by atoms with Gasteiger partial charge in [-0.2, -0.15) is 0 Å². The van der Waals surface area contributed by atoms with Crippen LogP contribution in [-0.4, -0.2) is 30.9 Å². The topological polar surface area (TPSA) is 84.5 Å². The summed E-state index contributed by atoms with van der Waals surface area (Å²) in [7, 11) is 1.23. The molecule has 1 atom stereocenters. The number of amides is 2. The Morgan fingerprint density at radius 1 is 1.10 bits per heavy atom. The zero-order valence-electron chi connectivity index (χ0n) is 16.8. The van der Waals surface area contributed by atoms with Crippen LogP contribution in [0.5, 0.6) is 0 Å². The number of anilines is 1. The minimum Gasteiger partial charge on any atom is -0.465 e. The number of hydrogen-bond acceptors (Lipinski definition) is 4. The molecule has 5 rings (SSSR count). The summed E-state index contributed by atoms with van der Waals surface area (Å²) in [5.74, 6) is 0.0326. The summed E-state index contributed by atoms with van der Waals surface area (Å²) in [5.41, 5.74) is -0.331. The molecule has 0 heterocycles. The van der Waals surface area contributed by atoms with Gasteiger partial charge < -0.3 is 15.4 Å². The number of carbonyl (C=O) groups is 3. The number of nitrogens with one attached hydrogen (secondary N) is 2. The Hall–Kier alpha value is -2.44. The molecule has 2 amide bonds. The predicted molar refractivity (Wildman–Crippen MR) is 105 cm³/mol. The van der Waals surface area contributed by atoms with Crippen LogP contribution in [0.4, 0.5) is 10.1 Å². The molecular formula is C22H27FN2O4. The van der Waals surface area contributed by atoms with Crippen LogP contribution < -0.4 is 10.6 Å². The van der Waals surface area contributed by atoms with E-state index in [0.717, 1.165) is 25.3 Å². The first-order chi connectivity index (χ1) is 13.8. The van der Waals surface area contributed by atoms with E-state index >= 15 is 0 Å². The van der Waals surface area contributed by atoms with E-state index in [4.69, 9.17) is 0 Å². The zero-order valence-corrected chi connectivity index (χ0v) is 16.8. The van der Waals surface area contributed by atoms with Gasteiger partial charge in [0.2, 0.25) is 11.8 Å². The Bertz CT molecular complexity index is 818. The lowest BCUT2D eigenvalue weighted by Crippen LogP contribution is -2.56.